The van der Waals surface area contributed by atoms with Crippen molar-refractivity contribution in [2.45, 2.75) is 19.8 Å². The number of hydrogen-bond donors (Lipinski definition) is 0. The molecule has 0 radical (unpaired) electrons. The highest BCUT2D eigenvalue weighted by molar-refractivity contribution is 7.91. The van der Waals surface area contributed by atoms with Crippen LogP contribution in [0.25, 0.3) is 0 Å². The lowest BCUT2D eigenvalue weighted by atomic mass is 10.1. The molecule has 0 saturated heterocycles. The Balaban J connectivity index is 2.64. The van der Waals surface area contributed by atoms with Gasteiger partial charge in [-0.15, -0.1) is 0 Å². The minimum absolute atomic E-state index is 0.00944. The fourth-order valence-electron chi connectivity index (χ4n) is 1.45. The molecule has 1 aromatic rings. The monoisotopic (exact) mass is 276 g/mol. The van der Waals surface area contributed by atoms with Crippen LogP contribution in [-0.2, 0) is 9.84 Å². The molecule has 0 N–H and O–H groups in total. The van der Waals surface area contributed by atoms with Gasteiger partial charge in [-0.2, -0.15) is 0 Å². The summed E-state index contributed by atoms with van der Waals surface area (Å²) in [5.74, 6) is -2.96. The molecule has 0 bridgehead atoms. The molecule has 0 amide bonds. The van der Waals surface area contributed by atoms with Gasteiger partial charge in [-0.3, -0.25) is 4.79 Å². The number of hydrogen-bond acceptors (Lipinski definition) is 3. The number of benzene rings is 1. The van der Waals surface area contributed by atoms with Gasteiger partial charge in [-0.1, -0.05) is 13.0 Å². The highest BCUT2D eigenvalue weighted by atomic mass is 32.2. The molecule has 0 unspecified atom stereocenters. The largest absolute Gasteiger partial charge is 0.294 e. The van der Waals surface area contributed by atoms with Crippen molar-refractivity contribution in [2.75, 3.05) is 11.5 Å². The fraction of sp³-hybridized carbons (Fsp3) is 0.417. The highest BCUT2D eigenvalue weighted by Gasteiger charge is 2.16. The van der Waals surface area contributed by atoms with Crippen LogP contribution in [-0.4, -0.2) is 25.7 Å². The van der Waals surface area contributed by atoms with Crippen LogP contribution >= 0.6 is 0 Å². The number of carbonyl (C=O) groups is 1. The van der Waals surface area contributed by atoms with Gasteiger partial charge in [0.1, 0.15) is 9.84 Å². The van der Waals surface area contributed by atoms with Gasteiger partial charge in [-0.05, 0) is 18.6 Å². The topological polar surface area (TPSA) is 51.2 Å². The second kappa shape index (κ2) is 6.04. The molecular formula is C12H14F2O3S. The lowest BCUT2D eigenvalue weighted by molar-refractivity contribution is 0.0977. The normalized spacial score (nSPS) is 11.5. The van der Waals surface area contributed by atoms with Gasteiger partial charge in [-0.25, -0.2) is 17.2 Å². The van der Waals surface area contributed by atoms with Crippen molar-refractivity contribution in [1.29, 1.82) is 0 Å². The molecule has 0 aliphatic rings. The third-order valence-electron chi connectivity index (χ3n) is 2.55. The molecular weight excluding hydrogens is 262 g/mol. The van der Waals surface area contributed by atoms with Crippen LogP contribution < -0.4 is 0 Å². The summed E-state index contributed by atoms with van der Waals surface area (Å²) in [6.07, 6.45) is 0.00453. The molecule has 1 aromatic carbocycles. The first-order valence-corrected chi connectivity index (χ1v) is 7.37. The molecule has 3 nitrogen and oxygen atoms in total. The number of Topliss-reactive ketones (excluding diaryl/α,β-unsaturated/α-hetero) is 1. The van der Waals surface area contributed by atoms with E-state index < -0.39 is 27.3 Å². The van der Waals surface area contributed by atoms with Crippen LogP contribution in [0.3, 0.4) is 0 Å². The van der Waals surface area contributed by atoms with E-state index in [1.54, 1.807) is 0 Å². The Morgan fingerprint density at radius 1 is 1.28 bits per heavy atom. The summed E-state index contributed by atoms with van der Waals surface area (Å²) in [6.45, 7) is 1.52. The third kappa shape index (κ3) is 3.87. The molecule has 0 heterocycles. The van der Waals surface area contributed by atoms with Gasteiger partial charge in [0, 0.05) is 12.2 Å². The number of rotatable bonds is 6. The van der Waals surface area contributed by atoms with Crippen LogP contribution in [0.4, 0.5) is 8.78 Å². The SMILES string of the molecule is CCS(=O)(=O)CCCC(=O)c1cccc(F)c1F. The second-order valence-corrected chi connectivity index (χ2v) is 6.34. The molecule has 0 spiro atoms. The Hall–Kier alpha value is -1.30. The Labute approximate surface area is 105 Å². The van der Waals surface area contributed by atoms with Crippen LogP contribution in [0.5, 0.6) is 0 Å². The van der Waals surface area contributed by atoms with Gasteiger partial charge < -0.3 is 0 Å². The van der Waals surface area contributed by atoms with Crippen molar-refractivity contribution in [3.05, 3.63) is 35.4 Å². The lowest BCUT2D eigenvalue weighted by Gasteiger charge is -2.03. The first-order chi connectivity index (χ1) is 8.37. The molecule has 6 heteroatoms. The van der Waals surface area contributed by atoms with Crippen molar-refractivity contribution in [3.8, 4) is 0 Å². The maximum absolute atomic E-state index is 13.3. The number of halogens is 2. The van der Waals surface area contributed by atoms with E-state index in [-0.39, 0.29) is 29.9 Å². The molecule has 0 fully saturated rings. The summed E-state index contributed by atoms with van der Waals surface area (Å²) < 4.78 is 48.5. The molecule has 0 aliphatic heterocycles. The van der Waals surface area contributed by atoms with Gasteiger partial charge in [0.25, 0.3) is 0 Å². The van der Waals surface area contributed by atoms with E-state index in [1.807, 2.05) is 0 Å². The Morgan fingerprint density at radius 3 is 2.56 bits per heavy atom. The molecule has 0 aromatic heterocycles. The average molecular weight is 276 g/mol. The third-order valence-corrected chi connectivity index (χ3v) is 4.34. The zero-order chi connectivity index (χ0) is 13.8. The summed E-state index contributed by atoms with van der Waals surface area (Å²) in [6, 6.07) is 3.36. The maximum atomic E-state index is 13.3. The first kappa shape index (κ1) is 14.8. The Bertz CT molecular complexity index is 538. The first-order valence-electron chi connectivity index (χ1n) is 5.55. The van der Waals surface area contributed by atoms with Crippen molar-refractivity contribution in [2.24, 2.45) is 0 Å². The smallest absolute Gasteiger partial charge is 0.169 e. The van der Waals surface area contributed by atoms with Gasteiger partial charge in [0.2, 0.25) is 0 Å². The summed E-state index contributed by atoms with van der Waals surface area (Å²) in [5, 5.41) is 0. The number of ketones is 1. The number of carbonyl (C=O) groups excluding carboxylic acids is 1. The fourth-order valence-corrected chi connectivity index (χ4v) is 2.32. The predicted molar refractivity (Wildman–Crippen MR) is 64.3 cm³/mol. The van der Waals surface area contributed by atoms with Crippen LogP contribution in [0.15, 0.2) is 18.2 Å². The highest BCUT2D eigenvalue weighted by Crippen LogP contribution is 2.14. The second-order valence-electron chi connectivity index (χ2n) is 3.86. The van der Waals surface area contributed by atoms with E-state index in [0.717, 1.165) is 6.07 Å². The van der Waals surface area contributed by atoms with E-state index in [4.69, 9.17) is 0 Å². The molecule has 0 atom stereocenters. The van der Waals surface area contributed by atoms with Crippen molar-refractivity contribution >= 4 is 15.6 Å². The standard InChI is InChI=1S/C12H14F2O3S/c1-2-18(16,17)8-4-7-11(15)9-5-3-6-10(13)12(9)14/h3,5-6H,2,4,7-8H2,1H3. The van der Waals surface area contributed by atoms with Crippen LogP contribution in [0.2, 0.25) is 0 Å². The Kier molecular flexibility index (Phi) is 4.95. The maximum Gasteiger partial charge on any atom is 0.169 e. The molecule has 0 aliphatic carbocycles. The van der Waals surface area contributed by atoms with Crippen molar-refractivity contribution < 1.29 is 22.0 Å². The summed E-state index contributed by atoms with van der Waals surface area (Å²) in [7, 11) is -3.14. The minimum atomic E-state index is -3.14. The summed E-state index contributed by atoms with van der Waals surface area (Å²) >= 11 is 0. The molecule has 18 heavy (non-hydrogen) atoms. The zero-order valence-electron chi connectivity index (χ0n) is 9.95. The van der Waals surface area contributed by atoms with Crippen molar-refractivity contribution in [3.63, 3.8) is 0 Å². The molecule has 100 valence electrons. The lowest BCUT2D eigenvalue weighted by Crippen LogP contribution is -2.11. The van der Waals surface area contributed by atoms with Crippen LogP contribution in [0, 0.1) is 11.6 Å². The zero-order valence-corrected chi connectivity index (χ0v) is 10.8. The Morgan fingerprint density at radius 2 is 1.94 bits per heavy atom. The van der Waals surface area contributed by atoms with E-state index >= 15 is 0 Å². The molecule has 1 rings (SSSR count). The van der Waals surface area contributed by atoms with Crippen LogP contribution in [0.1, 0.15) is 30.1 Å². The molecule has 0 saturated carbocycles. The van der Waals surface area contributed by atoms with E-state index in [9.17, 15) is 22.0 Å². The van der Waals surface area contributed by atoms with E-state index in [1.165, 1.54) is 19.1 Å². The number of sulfone groups is 1. The minimum Gasteiger partial charge on any atom is -0.294 e. The van der Waals surface area contributed by atoms with E-state index in [0.29, 0.717) is 0 Å². The van der Waals surface area contributed by atoms with Crippen molar-refractivity contribution in [1.82, 2.24) is 0 Å². The summed E-state index contributed by atoms with van der Waals surface area (Å²) in [5.41, 5.74) is -0.330. The summed E-state index contributed by atoms with van der Waals surface area (Å²) in [4.78, 5) is 11.6. The average Bonchev–Trinajstić information content (AvgIpc) is 2.32. The van der Waals surface area contributed by atoms with Gasteiger partial charge >= 0.3 is 0 Å². The van der Waals surface area contributed by atoms with Gasteiger partial charge in [0.05, 0.1) is 11.3 Å². The van der Waals surface area contributed by atoms with E-state index in [2.05, 4.69) is 0 Å². The predicted octanol–water partition coefficient (Wildman–Crippen LogP) is 2.36. The van der Waals surface area contributed by atoms with Gasteiger partial charge in [0.15, 0.2) is 17.4 Å². The quantitative estimate of drug-likeness (QED) is 0.749.